The van der Waals surface area contributed by atoms with E-state index in [0.717, 1.165) is 18.7 Å². The minimum absolute atomic E-state index is 0.290. The van der Waals surface area contributed by atoms with Gasteiger partial charge in [-0.3, -0.25) is 10.2 Å². The second-order valence-corrected chi connectivity index (χ2v) is 5.10. The first kappa shape index (κ1) is 14.8. The van der Waals surface area contributed by atoms with Crippen LogP contribution < -0.4 is 16.0 Å². The van der Waals surface area contributed by atoms with Crippen molar-refractivity contribution in [3.05, 3.63) is 29.8 Å². The second-order valence-electron chi connectivity index (χ2n) is 5.10. The van der Waals surface area contributed by atoms with Gasteiger partial charge in [0.2, 0.25) is 0 Å². The monoisotopic (exact) mass is 277 g/mol. The van der Waals surface area contributed by atoms with Gasteiger partial charge in [0, 0.05) is 12.1 Å². The molecule has 3 N–H and O–H groups in total. The van der Waals surface area contributed by atoms with E-state index in [1.54, 1.807) is 24.3 Å². The van der Waals surface area contributed by atoms with Crippen molar-refractivity contribution in [1.82, 2.24) is 10.3 Å². The summed E-state index contributed by atoms with van der Waals surface area (Å²) >= 11 is 0. The van der Waals surface area contributed by atoms with Gasteiger partial charge < -0.3 is 9.64 Å². The Balaban J connectivity index is 1.67. The fraction of sp³-hybridized carbons (Fsp3) is 0.533. The third-order valence-corrected chi connectivity index (χ3v) is 3.58. The Morgan fingerprint density at radius 1 is 1.20 bits per heavy atom. The number of nitrogens with two attached hydrogens (primary N) is 1. The van der Waals surface area contributed by atoms with Crippen molar-refractivity contribution < 1.29 is 9.53 Å². The summed E-state index contributed by atoms with van der Waals surface area (Å²) in [4.78, 5) is 13.8. The van der Waals surface area contributed by atoms with Gasteiger partial charge in [0.25, 0.3) is 5.91 Å². The van der Waals surface area contributed by atoms with Crippen molar-refractivity contribution in [1.29, 1.82) is 0 Å². The number of hydrazine groups is 1. The Morgan fingerprint density at radius 2 is 1.90 bits per heavy atom. The summed E-state index contributed by atoms with van der Waals surface area (Å²) in [5.41, 5.74) is 2.64. The number of carbonyl (C=O) groups is 1. The largest absolute Gasteiger partial charge is 0.494 e. The maximum Gasteiger partial charge on any atom is 0.265 e. The Labute approximate surface area is 120 Å². The van der Waals surface area contributed by atoms with Crippen LogP contribution in [-0.2, 0) is 0 Å². The minimum Gasteiger partial charge on any atom is -0.494 e. The number of likely N-dealkylation sites (tertiary alicyclic amines) is 1. The van der Waals surface area contributed by atoms with Gasteiger partial charge in [0.15, 0.2) is 0 Å². The Morgan fingerprint density at radius 3 is 2.55 bits per heavy atom. The summed E-state index contributed by atoms with van der Waals surface area (Å²) in [5, 5.41) is 0. The third-order valence-electron chi connectivity index (χ3n) is 3.58. The number of nitrogens with zero attached hydrogens (tertiary/aromatic N) is 1. The quantitative estimate of drug-likeness (QED) is 0.358. The van der Waals surface area contributed by atoms with Gasteiger partial charge in [-0.1, -0.05) is 6.42 Å². The number of rotatable bonds is 6. The van der Waals surface area contributed by atoms with Gasteiger partial charge in [0.1, 0.15) is 5.75 Å². The van der Waals surface area contributed by atoms with Gasteiger partial charge in [-0.25, -0.2) is 5.84 Å². The first-order chi connectivity index (χ1) is 9.79. The molecule has 0 saturated carbocycles. The van der Waals surface area contributed by atoms with E-state index in [9.17, 15) is 4.79 Å². The van der Waals surface area contributed by atoms with E-state index in [2.05, 4.69) is 10.3 Å². The Kier molecular flexibility index (Phi) is 5.83. The molecule has 1 amide bonds. The molecule has 1 aliphatic rings. The van der Waals surface area contributed by atoms with Crippen LogP contribution in [0.25, 0.3) is 0 Å². The van der Waals surface area contributed by atoms with Crippen LogP contribution in [0, 0.1) is 0 Å². The van der Waals surface area contributed by atoms with Crippen LogP contribution in [0.3, 0.4) is 0 Å². The highest BCUT2D eigenvalue weighted by Crippen LogP contribution is 2.13. The lowest BCUT2D eigenvalue weighted by Gasteiger charge is -2.26. The molecular formula is C15H23N3O2. The van der Waals surface area contributed by atoms with Crippen LogP contribution in [0.15, 0.2) is 24.3 Å². The molecule has 1 aromatic carbocycles. The molecule has 2 rings (SSSR count). The SMILES string of the molecule is NNC(=O)c1ccc(OCCCN2CCCCC2)cc1. The van der Waals surface area contributed by atoms with Crippen LogP contribution in [0.5, 0.6) is 5.75 Å². The molecule has 0 unspecified atom stereocenters. The van der Waals surface area contributed by atoms with Crippen molar-refractivity contribution in [3.8, 4) is 5.75 Å². The highest BCUT2D eigenvalue weighted by Gasteiger charge is 2.09. The average molecular weight is 277 g/mol. The van der Waals surface area contributed by atoms with Crippen LogP contribution >= 0.6 is 0 Å². The molecule has 0 atom stereocenters. The number of ether oxygens (including phenoxy) is 1. The second kappa shape index (κ2) is 7.87. The van der Waals surface area contributed by atoms with Crippen molar-refractivity contribution in [2.45, 2.75) is 25.7 Å². The summed E-state index contributed by atoms with van der Waals surface area (Å²) in [5.74, 6) is 5.57. The maximum atomic E-state index is 11.3. The minimum atomic E-state index is -0.290. The molecule has 1 saturated heterocycles. The van der Waals surface area contributed by atoms with E-state index < -0.39 is 0 Å². The molecule has 1 aliphatic heterocycles. The zero-order valence-corrected chi connectivity index (χ0v) is 11.8. The first-order valence-corrected chi connectivity index (χ1v) is 7.26. The first-order valence-electron chi connectivity index (χ1n) is 7.26. The lowest BCUT2D eigenvalue weighted by molar-refractivity contribution is 0.0953. The molecule has 1 fully saturated rings. The number of carbonyl (C=O) groups excluding carboxylic acids is 1. The van der Waals surface area contributed by atoms with Gasteiger partial charge in [-0.05, 0) is 56.6 Å². The fourth-order valence-corrected chi connectivity index (χ4v) is 2.45. The summed E-state index contributed by atoms with van der Waals surface area (Å²) in [6.07, 6.45) is 5.05. The predicted octanol–water partition coefficient (Wildman–Crippen LogP) is 1.54. The lowest BCUT2D eigenvalue weighted by atomic mass is 10.1. The number of hydrogen-bond acceptors (Lipinski definition) is 4. The van der Waals surface area contributed by atoms with E-state index in [-0.39, 0.29) is 5.91 Å². The smallest absolute Gasteiger partial charge is 0.265 e. The van der Waals surface area contributed by atoms with Gasteiger partial charge >= 0.3 is 0 Å². The molecule has 1 heterocycles. The predicted molar refractivity (Wildman–Crippen MR) is 78.5 cm³/mol. The Hall–Kier alpha value is -1.59. The number of benzene rings is 1. The summed E-state index contributed by atoms with van der Waals surface area (Å²) in [6.45, 7) is 4.26. The Bertz CT molecular complexity index is 414. The normalized spacial score (nSPS) is 15.8. The van der Waals surface area contributed by atoms with E-state index in [4.69, 9.17) is 10.6 Å². The molecule has 0 radical (unpaired) electrons. The molecule has 110 valence electrons. The summed E-state index contributed by atoms with van der Waals surface area (Å²) in [7, 11) is 0. The van der Waals surface area contributed by atoms with Gasteiger partial charge in [-0.15, -0.1) is 0 Å². The van der Waals surface area contributed by atoms with Crippen molar-refractivity contribution in [2.24, 2.45) is 5.84 Å². The lowest BCUT2D eigenvalue weighted by Crippen LogP contribution is -2.31. The molecular weight excluding hydrogens is 254 g/mol. The molecule has 5 nitrogen and oxygen atoms in total. The highest BCUT2D eigenvalue weighted by molar-refractivity contribution is 5.93. The highest BCUT2D eigenvalue weighted by atomic mass is 16.5. The van der Waals surface area contributed by atoms with Crippen molar-refractivity contribution >= 4 is 5.91 Å². The number of nitrogen functional groups attached to an aromatic ring is 1. The van der Waals surface area contributed by atoms with Crippen LogP contribution in [0.1, 0.15) is 36.0 Å². The van der Waals surface area contributed by atoms with Crippen molar-refractivity contribution in [3.63, 3.8) is 0 Å². The fourth-order valence-electron chi connectivity index (χ4n) is 2.45. The maximum absolute atomic E-state index is 11.3. The topological polar surface area (TPSA) is 67.6 Å². The molecule has 5 heteroatoms. The summed E-state index contributed by atoms with van der Waals surface area (Å²) < 4.78 is 5.68. The standard InChI is InChI=1S/C15H23N3O2/c16-17-15(19)13-5-7-14(8-6-13)20-12-4-11-18-9-2-1-3-10-18/h5-8H,1-4,9-12,16H2,(H,17,19). The average Bonchev–Trinajstić information content (AvgIpc) is 2.52. The molecule has 0 aromatic heterocycles. The van der Waals surface area contributed by atoms with Crippen LogP contribution in [0.2, 0.25) is 0 Å². The van der Waals surface area contributed by atoms with E-state index in [1.165, 1.54) is 32.4 Å². The van der Waals surface area contributed by atoms with Crippen molar-refractivity contribution in [2.75, 3.05) is 26.2 Å². The zero-order chi connectivity index (χ0) is 14.2. The van der Waals surface area contributed by atoms with E-state index in [0.29, 0.717) is 12.2 Å². The summed E-state index contributed by atoms with van der Waals surface area (Å²) in [6, 6.07) is 7.02. The number of nitrogens with one attached hydrogen (secondary N) is 1. The number of amides is 1. The van der Waals surface area contributed by atoms with E-state index in [1.807, 2.05) is 0 Å². The van der Waals surface area contributed by atoms with Crippen LogP contribution in [0.4, 0.5) is 0 Å². The third kappa shape index (κ3) is 4.51. The van der Waals surface area contributed by atoms with Gasteiger partial charge in [-0.2, -0.15) is 0 Å². The molecule has 0 bridgehead atoms. The van der Waals surface area contributed by atoms with Gasteiger partial charge in [0.05, 0.1) is 6.61 Å². The zero-order valence-electron chi connectivity index (χ0n) is 11.8. The van der Waals surface area contributed by atoms with Crippen LogP contribution in [-0.4, -0.2) is 37.0 Å². The molecule has 0 spiro atoms. The van der Waals surface area contributed by atoms with E-state index >= 15 is 0 Å². The molecule has 0 aliphatic carbocycles. The number of piperidine rings is 1. The molecule has 20 heavy (non-hydrogen) atoms. The molecule has 1 aromatic rings. The number of hydrogen-bond donors (Lipinski definition) is 2.